The summed E-state index contributed by atoms with van der Waals surface area (Å²) in [5.74, 6) is 0.601. The molecule has 0 spiro atoms. The van der Waals surface area contributed by atoms with Gasteiger partial charge in [0.2, 0.25) is 0 Å². The minimum atomic E-state index is -1.06. The van der Waals surface area contributed by atoms with Crippen LogP contribution in [0.25, 0.3) is 11.4 Å². The molecule has 3 rings (SSSR count). The number of rotatable bonds is 4. The van der Waals surface area contributed by atoms with Crippen LogP contribution in [0.2, 0.25) is 5.02 Å². The van der Waals surface area contributed by atoms with E-state index in [2.05, 4.69) is 9.97 Å². The number of benzene rings is 2. The van der Waals surface area contributed by atoms with E-state index in [0.717, 1.165) is 11.1 Å². The lowest BCUT2D eigenvalue weighted by molar-refractivity contribution is 0.0696. The molecule has 0 aliphatic heterocycles. The first-order valence-corrected chi connectivity index (χ1v) is 7.50. The number of carboxylic acids is 1. The summed E-state index contributed by atoms with van der Waals surface area (Å²) in [5.41, 5.74) is 1.87. The van der Waals surface area contributed by atoms with Crippen LogP contribution in [0.5, 0.6) is 11.5 Å². The molecule has 0 saturated carbocycles. The summed E-state index contributed by atoms with van der Waals surface area (Å²) in [6.07, 6.45) is 2.56. The number of carboxylic acid groups (broad SMARTS) is 1. The van der Waals surface area contributed by atoms with E-state index in [1.54, 1.807) is 24.3 Å². The van der Waals surface area contributed by atoms with Gasteiger partial charge in [-0.3, -0.25) is 0 Å². The third-order valence-electron chi connectivity index (χ3n) is 3.33. The van der Waals surface area contributed by atoms with Gasteiger partial charge in [0.1, 0.15) is 11.5 Å². The Kier molecular flexibility index (Phi) is 4.44. The van der Waals surface area contributed by atoms with Crippen molar-refractivity contribution in [2.24, 2.45) is 0 Å². The first-order chi connectivity index (χ1) is 11.5. The fourth-order valence-electron chi connectivity index (χ4n) is 2.08. The summed E-state index contributed by atoms with van der Waals surface area (Å²) < 4.78 is 5.76. The largest absolute Gasteiger partial charge is 0.478 e. The summed E-state index contributed by atoms with van der Waals surface area (Å²) in [6.45, 7) is 1.96. The van der Waals surface area contributed by atoms with Crippen LogP contribution in [0.4, 0.5) is 0 Å². The Morgan fingerprint density at radius 3 is 2.33 bits per heavy atom. The maximum atomic E-state index is 10.8. The minimum absolute atomic E-state index is 0.0488. The number of nitrogens with zero attached hydrogens (tertiary/aromatic N) is 2. The van der Waals surface area contributed by atoms with Gasteiger partial charge in [0.05, 0.1) is 10.6 Å². The summed E-state index contributed by atoms with van der Waals surface area (Å²) in [7, 11) is 0. The van der Waals surface area contributed by atoms with Crippen molar-refractivity contribution in [3.05, 3.63) is 71.0 Å². The van der Waals surface area contributed by atoms with Gasteiger partial charge in [-0.2, -0.15) is 0 Å². The monoisotopic (exact) mass is 340 g/mol. The lowest BCUT2D eigenvalue weighted by atomic mass is 10.2. The zero-order valence-electron chi connectivity index (χ0n) is 12.7. The Morgan fingerprint density at radius 2 is 1.75 bits per heavy atom. The molecule has 1 heterocycles. The molecular formula is C18H13ClN2O3. The Bertz CT molecular complexity index is 878. The molecule has 0 fully saturated rings. The third-order valence-corrected chi connectivity index (χ3v) is 3.62. The molecule has 0 atom stereocenters. The quantitative estimate of drug-likeness (QED) is 0.751. The van der Waals surface area contributed by atoms with Crippen molar-refractivity contribution in [3.8, 4) is 22.9 Å². The van der Waals surface area contributed by atoms with Gasteiger partial charge >= 0.3 is 5.97 Å². The van der Waals surface area contributed by atoms with Crippen molar-refractivity contribution >= 4 is 17.6 Å². The van der Waals surface area contributed by atoms with Crippen molar-refractivity contribution < 1.29 is 14.6 Å². The Labute approximate surface area is 143 Å². The number of ether oxygens (including phenoxy) is 1. The highest BCUT2D eigenvalue weighted by molar-refractivity contribution is 6.32. The maximum Gasteiger partial charge on any atom is 0.338 e. The average Bonchev–Trinajstić information content (AvgIpc) is 2.58. The molecule has 2 aromatic carbocycles. The van der Waals surface area contributed by atoms with Crippen LogP contribution in [0.3, 0.4) is 0 Å². The van der Waals surface area contributed by atoms with Crippen molar-refractivity contribution in [1.82, 2.24) is 9.97 Å². The van der Waals surface area contributed by atoms with Crippen LogP contribution in [-0.4, -0.2) is 21.0 Å². The molecule has 5 nitrogen and oxygen atoms in total. The van der Waals surface area contributed by atoms with E-state index < -0.39 is 5.97 Å². The van der Waals surface area contributed by atoms with E-state index >= 15 is 0 Å². The fraction of sp³-hybridized carbons (Fsp3) is 0.0556. The number of aromatic carboxylic acids is 1. The van der Waals surface area contributed by atoms with E-state index in [-0.39, 0.29) is 5.56 Å². The van der Waals surface area contributed by atoms with Gasteiger partial charge in [0.25, 0.3) is 0 Å². The summed E-state index contributed by atoms with van der Waals surface area (Å²) >= 11 is 6.15. The lowest BCUT2D eigenvalue weighted by Gasteiger charge is -2.08. The molecule has 0 aliphatic carbocycles. The van der Waals surface area contributed by atoms with E-state index in [4.69, 9.17) is 21.4 Å². The van der Waals surface area contributed by atoms with Gasteiger partial charge < -0.3 is 9.84 Å². The molecule has 120 valence electrons. The van der Waals surface area contributed by atoms with Gasteiger partial charge in [-0.1, -0.05) is 17.7 Å². The molecule has 0 bridgehead atoms. The predicted octanol–water partition coefficient (Wildman–Crippen LogP) is 4.60. The highest BCUT2D eigenvalue weighted by atomic mass is 35.5. The number of aromatic nitrogens is 2. The van der Waals surface area contributed by atoms with Gasteiger partial charge in [-0.15, -0.1) is 0 Å². The number of carbonyl (C=O) groups is 1. The third kappa shape index (κ3) is 3.52. The van der Waals surface area contributed by atoms with Crippen LogP contribution in [-0.2, 0) is 0 Å². The summed E-state index contributed by atoms with van der Waals surface area (Å²) in [4.78, 5) is 18.9. The summed E-state index contributed by atoms with van der Waals surface area (Å²) in [6, 6.07) is 12.7. The fourth-order valence-corrected chi connectivity index (χ4v) is 2.35. The summed E-state index contributed by atoms with van der Waals surface area (Å²) in [5, 5.41) is 9.40. The minimum Gasteiger partial charge on any atom is -0.478 e. The lowest BCUT2D eigenvalue weighted by Crippen LogP contribution is -1.99. The van der Waals surface area contributed by atoms with Gasteiger partial charge in [0, 0.05) is 18.0 Å². The highest BCUT2D eigenvalue weighted by Crippen LogP contribution is 2.30. The Balaban J connectivity index is 1.78. The first-order valence-electron chi connectivity index (χ1n) is 7.13. The zero-order chi connectivity index (χ0) is 17.1. The van der Waals surface area contributed by atoms with Gasteiger partial charge in [-0.05, 0) is 48.9 Å². The smallest absolute Gasteiger partial charge is 0.338 e. The van der Waals surface area contributed by atoms with E-state index in [9.17, 15) is 4.79 Å². The van der Waals surface area contributed by atoms with Crippen molar-refractivity contribution in [2.45, 2.75) is 6.92 Å². The molecule has 0 unspecified atom stereocenters. The number of hydrogen-bond acceptors (Lipinski definition) is 4. The topological polar surface area (TPSA) is 72.3 Å². The molecule has 1 aromatic heterocycles. The van der Waals surface area contributed by atoms with Gasteiger partial charge in [0.15, 0.2) is 5.82 Å². The maximum absolute atomic E-state index is 10.8. The Morgan fingerprint density at radius 1 is 1.08 bits per heavy atom. The van der Waals surface area contributed by atoms with Crippen molar-refractivity contribution in [2.75, 3.05) is 0 Å². The van der Waals surface area contributed by atoms with Crippen LogP contribution in [0.1, 0.15) is 15.9 Å². The van der Waals surface area contributed by atoms with Crippen LogP contribution in [0.15, 0.2) is 54.9 Å². The average molecular weight is 341 g/mol. The zero-order valence-corrected chi connectivity index (χ0v) is 13.5. The van der Waals surface area contributed by atoms with Crippen molar-refractivity contribution in [3.63, 3.8) is 0 Å². The van der Waals surface area contributed by atoms with Crippen LogP contribution < -0.4 is 4.74 Å². The molecule has 1 N–H and O–H groups in total. The van der Waals surface area contributed by atoms with Crippen molar-refractivity contribution in [1.29, 1.82) is 0 Å². The molecule has 3 aromatic rings. The van der Waals surface area contributed by atoms with E-state index in [1.807, 2.05) is 25.1 Å². The molecule has 0 saturated heterocycles. The van der Waals surface area contributed by atoms with E-state index in [0.29, 0.717) is 22.3 Å². The molecule has 0 amide bonds. The number of halogens is 1. The second-order valence-corrected chi connectivity index (χ2v) is 5.57. The van der Waals surface area contributed by atoms with Crippen LogP contribution >= 0.6 is 11.6 Å². The molecule has 6 heteroatoms. The second-order valence-electron chi connectivity index (χ2n) is 5.16. The SMILES string of the molecule is Cc1ccc(Oc2ccc(-c3ncc(C(=O)O)cn3)cc2)c(Cl)c1. The number of hydrogen-bond donors (Lipinski definition) is 1. The first kappa shape index (κ1) is 16.0. The molecular weight excluding hydrogens is 328 g/mol. The second kappa shape index (κ2) is 6.68. The number of aryl methyl sites for hydroxylation is 1. The van der Waals surface area contributed by atoms with Gasteiger partial charge in [-0.25, -0.2) is 14.8 Å². The molecule has 0 radical (unpaired) electrons. The molecule has 24 heavy (non-hydrogen) atoms. The highest BCUT2D eigenvalue weighted by Gasteiger charge is 2.07. The van der Waals surface area contributed by atoms with Crippen LogP contribution in [0, 0.1) is 6.92 Å². The molecule has 0 aliphatic rings. The van der Waals surface area contributed by atoms with E-state index in [1.165, 1.54) is 12.4 Å². The normalized spacial score (nSPS) is 10.4. The Hall–Kier alpha value is -2.92. The standard InChI is InChI=1S/C18H13ClN2O3/c1-11-2-7-16(15(19)8-11)24-14-5-3-12(4-6-14)17-20-9-13(10-21-17)18(22)23/h2-10H,1H3,(H,22,23). The predicted molar refractivity (Wildman–Crippen MR) is 90.7 cm³/mol.